The molecule has 1 fully saturated rings. The first kappa shape index (κ1) is 18.1. The fourth-order valence-corrected chi connectivity index (χ4v) is 3.82. The Kier molecular flexibility index (Phi) is 5.08. The van der Waals surface area contributed by atoms with Crippen LogP contribution in [0, 0.1) is 12.7 Å². The summed E-state index contributed by atoms with van der Waals surface area (Å²) in [6.07, 6.45) is 2.27. The summed E-state index contributed by atoms with van der Waals surface area (Å²) in [6.45, 7) is 4.11. The Labute approximate surface area is 151 Å². The number of benzene rings is 1. The topological polar surface area (TPSA) is 82.6 Å². The molecule has 1 aromatic heterocycles. The smallest absolute Gasteiger partial charge is 0.261 e. The number of aryl methyl sites for hydroxylation is 1. The third-order valence-corrected chi connectivity index (χ3v) is 5.61. The minimum atomic E-state index is -3.82. The maximum absolute atomic E-state index is 13.3. The van der Waals surface area contributed by atoms with Gasteiger partial charge in [-0.3, -0.25) is 9.52 Å². The average molecular weight is 378 g/mol. The standard InChI is InChI=1S/C17H19FN4O3S/c1-13-10-15(3-4-16(13)18)26(24,25)20-14-2-5-17(19-11-14)22-8-6-21(12-23)7-9-22/h2-5,10-12,20H,6-9H2,1H3. The second-order valence-corrected chi connectivity index (χ2v) is 7.73. The van der Waals surface area contributed by atoms with Crippen molar-refractivity contribution in [3.63, 3.8) is 0 Å². The average Bonchev–Trinajstić information content (AvgIpc) is 2.64. The van der Waals surface area contributed by atoms with E-state index in [0.717, 1.165) is 18.3 Å². The maximum atomic E-state index is 13.3. The van der Waals surface area contributed by atoms with Gasteiger partial charge in [0.15, 0.2) is 0 Å². The van der Waals surface area contributed by atoms with Crippen LogP contribution in [-0.2, 0) is 14.8 Å². The van der Waals surface area contributed by atoms with Crippen LogP contribution in [0.5, 0.6) is 0 Å². The lowest BCUT2D eigenvalue weighted by atomic mass is 10.2. The first-order valence-corrected chi connectivity index (χ1v) is 9.57. The zero-order valence-corrected chi connectivity index (χ0v) is 15.0. The molecular weight excluding hydrogens is 359 g/mol. The molecule has 0 saturated carbocycles. The second-order valence-electron chi connectivity index (χ2n) is 6.05. The fourth-order valence-electron chi connectivity index (χ4n) is 2.69. The van der Waals surface area contributed by atoms with Crippen molar-refractivity contribution in [1.29, 1.82) is 0 Å². The molecule has 1 N–H and O–H groups in total. The number of aromatic nitrogens is 1. The molecule has 0 spiro atoms. The van der Waals surface area contributed by atoms with Gasteiger partial charge in [-0.25, -0.2) is 17.8 Å². The predicted octanol–water partition coefficient (Wildman–Crippen LogP) is 1.61. The second kappa shape index (κ2) is 7.28. The van der Waals surface area contributed by atoms with Crippen LogP contribution >= 0.6 is 0 Å². The number of nitrogens with one attached hydrogen (secondary N) is 1. The first-order chi connectivity index (χ1) is 12.4. The summed E-state index contributed by atoms with van der Waals surface area (Å²) < 4.78 is 40.6. The number of piperazine rings is 1. The molecule has 1 aliphatic heterocycles. The highest BCUT2D eigenvalue weighted by Gasteiger charge is 2.18. The summed E-state index contributed by atoms with van der Waals surface area (Å²) in [5.74, 6) is 0.265. The van der Waals surface area contributed by atoms with E-state index in [-0.39, 0.29) is 10.5 Å². The molecule has 9 heteroatoms. The highest BCUT2D eigenvalue weighted by molar-refractivity contribution is 7.92. The number of carbonyl (C=O) groups is 1. The summed E-state index contributed by atoms with van der Waals surface area (Å²) in [7, 11) is -3.82. The van der Waals surface area contributed by atoms with Gasteiger partial charge in [0.2, 0.25) is 6.41 Å². The molecule has 1 aliphatic rings. The van der Waals surface area contributed by atoms with Crippen LogP contribution in [0.2, 0.25) is 0 Å². The van der Waals surface area contributed by atoms with Crippen molar-refractivity contribution in [3.8, 4) is 0 Å². The third kappa shape index (κ3) is 3.93. The van der Waals surface area contributed by atoms with Gasteiger partial charge >= 0.3 is 0 Å². The highest BCUT2D eigenvalue weighted by atomic mass is 32.2. The van der Waals surface area contributed by atoms with Gasteiger partial charge in [0.05, 0.1) is 16.8 Å². The monoisotopic (exact) mass is 378 g/mol. The lowest BCUT2D eigenvalue weighted by Crippen LogP contribution is -2.46. The number of hydrogen-bond acceptors (Lipinski definition) is 5. The molecular formula is C17H19FN4O3S. The molecule has 26 heavy (non-hydrogen) atoms. The summed E-state index contributed by atoms with van der Waals surface area (Å²) in [5, 5.41) is 0. The van der Waals surface area contributed by atoms with Crippen LogP contribution in [0.1, 0.15) is 5.56 Å². The first-order valence-electron chi connectivity index (χ1n) is 8.08. The van der Waals surface area contributed by atoms with Crippen LogP contribution in [0.15, 0.2) is 41.4 Å². The minimum absolute atomic E-state index is 0.00883. The highest BCUT2D eigenvalue weighted by Crippen LogP contribution is 2.20. The van der Waals surface area contributed by atoms with Crippen molar-refractivity contribution in [2.45, 2.75) is 11.8 Å². The molecule has 0 atom stereocenters. The van der Waals surface area contributed by atoms with E-state index in [0.29, 0.717) is 31.9 Å². The molecule has 1 aromatic carbocycles. The number of pyridine rings is 1. The van der Waals surface area contributed by atoms with Crippen LogP contribution in [0.4, 0.5) is 15.9 Å². The molecule has 2 aromatic rings. The van der Waals surface area contributed by atoms with Gasteiger partial charge < -0.3 is 9.80 Å². The van der Waals surface area contributed by atoms with Gasteiger partial charge in [-0.15, -0.1) is 0 Å². The molecule has 0 unspecified atom stereocenters. The number of carbonyl (C=O) groups excluding carboxylic acids is 1. The number of amides is 1. The lowest BCUT2D eigenvalue weighted by molar-refractivity contribution is -0.118. The lowest BCUT2D eigenvalue weighted by Gasteiger charge is -2.33. The Morgan fingerprint density at radius 1 is 1.15 bits per heavy atom. The van der Waals surface area contributed by atoms with E-state index < -0.39 is 15.8 Å². The van der Waals surface area contributed by atoms with E-state index in [1.165, 1.54) is 25.3 Å². The summed E-state index contributed by atoms with van der Waals surface area (Å²) in [4.78, 5) is 18.8. The Morgan fingerprint density at radius 3 is 2.46 bits per heavy atom. The van der Waals surface area contributed by atoms with E-state index in [1.807, 2.05) is 4.90 Å². The number of anilines is 2. The number of hydrogen-bond donors (Lipinski definition) is 1. The van der Waals surface area contributed by atoms with Gasteiger partial charge in [0.25, 0.3) is 10.0 Å². The Morgan fingerprint density at radius 2 is 1.88 bits per heavy atom. The van der Waals surface area contributed by atoms with E-state index in [4.69, 9.17) is 0 Å². The SMILES string of the molecule is Cc1cc(S(=O)(=O)Nc2ccc(N3CCN(C=O)CC3)nc2)ccc1F. The molecule has 0 bridgehead atoms. The number of sulfonamides is 1. The fraction of sp³-hybridized carbons (Fsp3) is 0.294. The van der Waals surface area contributed by atoms with Gasteiger partial charge in [0.1, 0.15) is 11.6 Å². The molecule has 0 aliphatic carbocycles. The van der Waals surface area contributed by atoms with Crippen molar-refractivity contribution in [3.05, 3.63) is 47.9 Å². The molecule has 138 valence electrons. The van der Waals surface area contributed by atoms with E-state index >= 15 is 0 Å². The van der Waals surface area contributed by atoms with Gasteiger partial charge in [0, 0.05) is 26.2 Å². The van der Waals surface area contributed by atoms with Crippen LogP contribution in [-0.4, -0.2) is 50.9 Å². The molecule has 0 radical (unpaired) electrons. The van der Waals surface area contributed by atoms with Crippen LogP contribution in [0.25, 0.3) is 0 Å². The zero-order valence-electron chi connectivity index (χ0n) is 14.2. The number of halogens is 1. The molecule has 7 nitrogen and oxygen atoms in total. The predicted molar refractivity (Wildman–Crippen MR) is 96.0 cm³/mol. The van der Waals surface area contributed by atoms with E-state index in [9.17, 15) is 17.6 Å². The summed E-state index contributed by atoms with van der Waals surface area (Å²) in [5.41, 5.74) is 0.582. The van der Waals surface area contributed by atoms with Gasteiger partial charge in [-0.1, -0.05) is 0 Å². The number of rotatable bonds is 5. The Hall–Kier alpha value is -2.68. The van der Waals surface area contributed by atoms with Crippen molar-refractivity contribution in [2.75, 3.05) is 35.8 Å². The zero-order chi connectivity index (χ0) is 18.7. The number of nitrogens with zero attached hydrogens (tertiary/aromatic N) is 3. The Bertz CT molecular complexity index is 895. The molecule has 1 saturated heterocycles. The minimum Gasteiger partial charge on any atom is -0.353 e. The van der Waals surface area contributed by atoms with E-state index in [1.54, 1.807) is 17.0 Å². The quantitative estimate of drug-likeness (QED) is 0.800. The van der Waals surface area contributed by atoms with Crippen LogP contribution in [0.3, 0.4) is 0 Å². The van der Waals surface area contributed by atoms with Gasteiger partial charge in [-0.05, 0) is 42.8 Å². The molecule has 1 amide bonds. The summed E-state index contributed by atoms with van der Waals surface area (Å²) in [6, 6.07) is 6.99. The molecule has 2 heterocycles. The van der Waals surface area contributed by atoms with Crippen molar-refractivity contribution in [2.24, 2.45) is 0 Å². The largest absolute Gasteiger partial charge is 0.353 e. The maximum Gasteiger partial charge on any atom is 0.261 e. The van der Waals surface area contributed by atoms with Crippen molar-refractivity contribution >= 4 is 27.9 Å². The van der Waals surface area contributed by atoms with Crippen LogP contribution < -0.4 is 9.62 Å². The van der Waals surface area contributed by atoms with Crippen molar-refractivity contribution in [1.82, 2.24) is 9.88 Å². The normalized spacial score (nSPS) is 15.0. The Balaban J connectivity index is 1.70. The summed E-state index contributed by atoms with van der Waals surface area (Å²) >= 11 is 0. The third-order valence-electron chi connectivity index (χ3n) is 4.23. The van der Waals surface area contributed by atoms with Crippen molar-refractivity contribution < 1.29 is 17.6 Å². The van der Waals surface area contributed by atoms with E-state index in [2.05, 4.69) is 9.71 Å². The molecule has 3 rings (SSSR count). The van der Waals surface area contributed by atoms with Gasteiger partial charge in [-0.2, -0.15) is 0 Å².